The van der Waals surface area contributed by atoms with E-state index in [4.69, 9.17) is 0 Å². The summed E-state index contributed by atoms with van der Waals surface area (Å²) in [7, 11) is 0. The standard InChI is InChI=1S/C21H16N2OS/c1-14-7-2-5-12-18(14)22-21-23-20(24)19(25-21)13-16-10-6-9-15-8-3-4-11-17(15)16/h2-13H,1H3,(H,22,23,24)/b19-13+. The second-order valence-corrected chi connectivity index (χ2v) is 6.87. The van der Waals surface area contributed by atoms with Crippen molar-refractivity contribution >= 4 is 45.4 Å². The van der Waals surface area contributed by atoms with E-state index >= 15 is 0 Å². The van der Waals surface area contributed by atoms with Gasteiger partial charge in [-0.25, -0.2) is 4.99 Å². The number of nitrogens with zero attached hydrogens (tertiary/aromatic N) is 1. The van der Waals surface area contributed by atoms with Gasteiger partial charge in [-0.15, -0.1) is 0 Å². The monoisotopic (exact) mass is 344 g/mol. The van der Waals surface area contributed by atoms with Gasteiger partial charge in [-0.2, -0.15) is 0 Å². The van der Waals surface area contributed by atoms with E-state index in [0.717, 1.165) is 27.6 Å². The Hall–Kier alpha value is -2.85. The molecule has 0 aromatic heterocycles. The van der Waals surface area contributed by atoms with Gasteiger partial charge in [-0.05, 0) is 52.7 Å². The number of carbonyl (C=O) groups excluding carboxylic acids is 1. The molecule has 1 aliphatic rings. The fraction of sp³-hybridized carbons (Fsp3) is 0.0476. The van der Waals surface area contributed by atoms with E-state index in [1.807, 2.05) is 61.5 Å². The highest BCUT2D eigenvalue weighted by Gasteiger charge is 2.24. The number of amides is 1. The van der Waals surface area contributed by atoms with Crippen LogP contribution in [0.3, 0.4) is 0 Å². The smallest absolute Gasteiger partial charge is 0.264 e. The van der Waals surface area contributed by atoms with Crippen LogP contribution < -0.4 is 5.32 Å². The van der Waals surface area contributed by atoms with Gasteiger partial charge >= 0.3 is 0 Å². The van der Waals surface area contributed by atoms with E-state index in [1.165, 1.54) is 11.8 Å². The molecule has 4 rings (SSSR count). The molecule has 3 nitrogen and oxygen atoms in total. The summed E-state index contributed by atoms with van der Waals surface area (Å²) < 4.78 is 0. The third kappa shape index (κ3) is 3.21. The lowest BCUT2D eigenvalue weighted by Crippen LogP contribution is -2.19. The molecule has 0 unspecified atom stereocenters. The Morgan fingerprint density at radius 1 is 0.960 bits per heavy atom. The highest BCUT2D eigenvalue weighted by molar-refractivity contribution is 8.18. The van der Waals surface area contributed by atoms with Crippen LogP contribution in [0.25, 0.3) is 16.8 Å². The zero-order valence-electron chi connectivity index (χ0n) is 13.7. The van der Waals surface area contributed by atoms with Crippen molar-refractivity contribution in [3.63, 3.8) is 0 Å². The minimum absolute atomic E-state index is 0.106. The van der Waals surface area contributed by atoms with Crippen molar-refractivity contribution < 1.29 is 4.79 Å². The number of hydrogen-bond acceptors (Lipinski definition) is 3. The summed E-state index contributed by atoms with van der Waals surface area (Å²) in [5, 5.41) is 5.77. The van der Waals surface area contributed by atoms with E-state index < -0.39 is 0 Å². The summed E-state index contributed by atoms with van der Waals surface area (Å²) in [5.41, 5.74) is 2.99. The number of para-hydroxylation sites is 1. The number of carbonyl (C=O) groups is 1. The molecule has 1 saturated heterocycles. The van der Waals surface area contributed by atoms with Crippen LogP contribution in [0, 0.1) is 6.92 Å². The van der Waals surface area contributed by atoms with Crippen molar-refractivity contribution in [1.29, 1.82) is 0 Å². The fourth-order valence-corrected chi connectivity index (χ4v) is 3.62. The molecule has 0 spiro atoms. The average Bonchev–Trinajstić information content (AvgIpc) is 2.97. The second kappa shape index (κ2) is 6.57. The fourth-order valence-electron chi connectivity index (χ4n) is 2.80. The number of fused-ring (bicyclic) bond motifs is 1. The molecule has 1 amide bonds. The summed E-state index contributed by atoms with van der Waals surface area (Å²) >= 11 is 1.38. The van der Waals surface area contributed by atoms with Gasteiger partial charge in [-0.1, -0.05) is 60.7 Å². The van der Waals surface area contributed by atoms with Gasteiger partial charge in [0, 0.05) is 0 Å². The Labute approximate surface area is 150 Å². The van der Waals surface area contributed by atoms with E-state index in [1.54, 1.807) is 0 Å². The Balaban J connectivity index is 1.69. The Bertz CT molecular complexity index is 1030. The molecule has 3 aromatic carbocycles. The molecule has 0 saturated carbocycles. The minimum atomic E-state index is -0.106. The minimum Gasteiger partial charge on any atom is -0.300 e. The summed E-state index contributed by atoms with van der Waals surface area (Å²) in [6.45, 7) is 2.01. The maximum absolute atomic E-state index is 12.3. The second-order valence-electron chi connectivity index (χ2n) is 5.84. The molecular weight excluding hydrogens is 328 g/mol. The van der Waals surface area contributed by atoms with Crippen LogP contribution in [0.1, 0.15) is 11.1 Å². The van der Waals surface area contributed by atoms with Crippen molar-refractivity contribution in [3.05, 3.63) is 82.8 Å². The Kier molecular flexibility index (Phi) is 4.12. The Morgan fingerprint density at radius 3 is 2.60 bits per heavy atom. The number of benzene rings is 3. The molecular formula is C21H16N2OS. The number of aryl methyl sites for hydroxylation is 1. The molecule has 0 atom stereocenters. The first-order valence-electron chi connectivity index (χ1n) is 8.04. The molecule has 1 N–H and O–H groups in total. The number of amidine groups is 1. The molecule has 0 bridgehead atoms. The van der Waals surface area contributed by atoms with Gasteiger partial charge in [0.15, 0.2) is 5.17 Å². The first kappa shape index (κ1) is 15.7. The lowest BCUT2D eigenvalue weighted by atomic mass is 10.0. The van der Waals surface area contributed by atoms with Crippen LogP contribution in [0.2, 0.25) is 0 Å². The maximum Gasteiger partial charge on any atom is 0.264 e. The summed E-state index contributed by atoms with van der Waals surface area (Å²) in [5.74, 6) is -0.106. The molecule has 25 heavy (non-hydrogen) atoms. The van der Waals surface area contributed by atoms with Crippen LogP contribution in [-0.2, 0) is 4.79 Å². The van der Waals surface area contributed by atoms with Crippen molar-refractivity contribution in [2.24, 2.45) is 4.99 Å². The third-order valence-electron chi connectivity index (χ3n) is 4.10. The predicted octanol–water partition coefficient (Wildman–Crippen LogP) is 5.04. The zero-order chi connectivity index (χ0) is 17.2. The number of thioether (sulfide) groups is 1. The number of hydrogen-bond donors (Lipinski definition) is 1. The Morgan fingerprint density at radius 2 is 1.72 bits per heavy atom. The maximum atomic E-state index is 12.3. The quantitative estimate of drug-likeness (QED) is 0.662. The molecule has 1 fully saturated rings. The van der Waals surface area contributed by atoms with Gasteiger partial charge in [-0.3, -0.25) is 4.79 Å². The average molecular weight is 344 g/mol. The summed E-state index contributed by atoms with van der Waals surface area (Å²) in [4.78, 5) is 17.5. The van der Waals surface area contributed by atoms with Crippen molar-refractivity contribution in [1.82, 2.24) is 5.32 Å². The highest BCUT2D eigenvalue weighted by atomic mass is 32.2. The SMILES string of the molecule is Cc1ccccc1N=C1NC(=O)/C(=C\c2cccc3ccccc23)S1. The van der Waals surface area contributed by atoms with Gasteiger partial charge in [0.1, 0.15) is 0 Å². The summed E-state index contributed by atoms with van der Waals surface area (Å²) in [6, 6.07) is 22.2. The summed E-state index contributed by atoms with van der Waals surface area (Å²) in [6.07, 6.45) is 1.93. The molecule has 0 radical (unpaired) electrons. The molecule has 3 aromatic rings. The van der Waals surface area contributed by atoms with Crippen LogP contribution >= 0.6 is 11.8 Å². The third-order valence-corrected chi connectivity index (χ3v) is 5.01. The van der Waals surface area contributed by atoms with Crippen molar-refractivity contribution in [2.75, 3.05) is 0 Å². The van der Waals surface area contributed by atoms with E-state index in [0.29, 0.717) is 10.1 Å². The van der Waals surface area contributed by atoms with Crippen LogP contribution in [0.5, 0.6) is 0 Å². The van der Waals surface area contributed by atoms with E-state index in [-0.39, 0.29) is 5.91 Å². The zero-order valence-corrected chi connectivity index (χ0v) is 14.5. The molecule has 122 valence electrons. The van der Waals surface area contributed by atoms with Crippen LogP contribution in [-0.4, -0.2) is 11.1 Å². The first-order chi connectivity index (χ1) is 12.2. The van der Waals surface area contributed by atoms with Crippen LogP contribution in [0.4, 0.5) is 5.69 Å². The molecule has 1 aliphatic heterocycles. The predicted molar refractivity (Wildman–Crippen MR) is 106 cm³/mol. The van der Waals surface area contributed by atoms with Crippen molar-refractivity contribution in [2.45, 2.75) is 6.92 Å². The lowest BCUT2D eigenvalue weighted by molar-refractivity contribution is -0.115. The molecule has 1 heterocycles. The lowest BCUT2D eigenvalue weighted by Gasteiger charge is -2.02. The number of nitrogens with one attached hydrogen (secondary N) is 1. The van der Waals surface area contributed by atoms with Gasteiger partial charge in [0.05, 0.1) is 10.6 Å². The first-order valence-corrected chi connectivity index (χ1v) is 8.85. The van der Waals surface area contributed by atoms with Crippen LogP contribution in [0.15, 0.2) is 76.6 Å². The van der Waals surface area contributed by atoms with E-state index in [9.17, 15) is 4.79 Å². The van der Waals surface area contributed by atoms with Gasteiger partial charge in [0.2, 0.25) is 0 Å². The molecule has 0 aliphatic carbocycles. The largest absolute Gasteiger partial charge is 0.300 e. The van der Waals surface area contributed by atoms with E-state index in [2.05, 4.69) is 28.5 Å². The topological polar surface area (TPSA) is 41.5 Å². The van der Waals surface area contributed by atoms with Gasteiger partial charge in [0.25, 0.3) is 5.91 Å². The number of aliphatic imine (C=N–C) groups is 1. The molecule has 4 heteroatoms. The van der Waals surface area contributed by atoms with Crippen molar-refractivity contribution in [3.8, 4) is 0 Å². The normalized spacial score (nSPS) is 17.4. The van der Waals surface area contributed by atoms with Gasteiger partial charge < -0.3 is 5.32 Å². The number of rotatable bonds is 2. The highest BCUT2D eigenvalue weighted by Crippen LogP contribution is 2.30.